The van der Waals surface area contributed by atoms with Crippen LogP contribution in [0.1, 0.15) is 46.7 Å². The van der Waals surface area contributed by atoms with Crippen LogP contribution in [-0.2, 0) is 0 Å². The van der Waals surface area contributed by atoms with Crippen molar-refractivity contribution in [3.8, 4) is 16.9 Å². The van der Waals surface area contributed by atoms with Crippen LogP contribution in [0.15, 0.2) is 161 Å². The van der Waals surface area contributed by atoms with Gasteiger partial charge in [0, 0.05) is 49.7 Å². The molecule has 0 radical (unpaired) electrons. The van der Waals surface area contributed by atoms with Crippen molar-refractivity contribution in [3.63, 3.8) is 0 Å². The second-order valence-electron chi connectivity index (χ2n) is 13.7. The zero-order valence-electron chi connectivity index (χ0n) is 27.5. The molecule has 0 bridgehead atoms. The van der Waals surface area contributed by atoms with E-state index in [-0.39, 0.29) is 30.5 Å². The topological polar surface area (TPSA) is 71.6 Å². The van der Waals surface area contributed by atoms with Crippen LogP contribution in [0.3, 0.4) is 0 Å². The van der Waals surface area contributed by atoms with E-state index in [2.05, 4.69) is 156 Å². The maximum absolute atomic E-state index is 6.67. The summed E-state index contributed by atoms with van der Waals surface area (Å²) in [6, 6.07) is 44.6. The Bertz CT molecular complexity index is 2710. The Labute approximate surface area is 294 Å². The standard InChI is InChI=1S/C45H33N3O3/c1-2-11-26(12-3-1)43-46-44(48-45(47-43)35-20-10-16-31-29-14-5-7-22-38(29)50-42(31)35)27-23-24-39-36(25-27)34-19-9-18-33(41(34)51-39)32-17-8-15-30-28-13-4-6-21-37(28)49-40(30)32/h1-25,28,37,43-48H. The van der Waals surface area contributed by atoms with Crippen LogP contribution in [0, 0.1) is 0 Å². The first-order valence-electron chi connectivity index (χ1n) is 17.6. The lowest BCUT2D eigenvalue weighted by Crippen LogP contribution is -2.54. The smallest absolute Gasteiger partial charge is 0.143 e. The third-order valence-corrected chi connectivity index (χ3v) is 10.8. The molecule has 6 aromatic carbocycles. The van der Waals surface area contributed by atoms with E-state index >= 15 is 0 Å². The Balaban J connectivity index is 1.01. The summed E-state index contributed by atoms with van der Waals surface area (Å²) in [6.07, 6.45) is 8.10. The number of benzene rings is 6. The number of para-hydroxylation sites is 4. The van der Waals surface area contributed by atoms with E-state index in [0.29, 0.717) is 0 Å². The van der Waals surface area contributed by atoms with Crippen LogP contribution in [0.25, 0.3) is 55.0 Å². The highest BCUT2D eigenvalue weighted by Gasteiger charge is 2.35. The number of allylic oxidation sites excluding steroid dienone is 2. The first-order chi connectivity index (χ1) is 25.3. The zero-order valence-corrected chi connectivity index (χ0v) is 27.5. The van der Waals surface area contributed by atoms with Gasteiger partial charge in [0.15, 0.2) is 0 Å². The molecule has 5 atom stereocenters. The molecule has 51 heavy (non-hydrogen) atoms. The van der Waals surface area contributed by atoms with Crippen LogP contribution in [0.4, 0.5) is 0 Å². The molecule has 5 unspecified atom stereocenters. The van der Waals surface area contributed by atoms with Crippen molar-refractivity contribution >= 4 is 43.9 Å². The van der Waals surface area contributed by atoms with Crippen LogP contribution in [0.2, 0.25) is 0 Å². The third-order valence-electron chi connectivity index (χ3n) is 10.8. The quantitative estimate of drug-likeness (QED) is 0.174. The lowest BCUT2D eigenvalue weighted by molar-refractivity contribution is 0.203. The lowest BCUT2D eigenvalue weighted by atomic mass is 9.90. The second kappa shape index (κ2) is 11.3. The van der Waals surface area contributed by atoms with Crippen molar-refractivity contribution in [2.75, 3.05) is 0 Å². The molecular formula is C45H33N3O3. The van der Waals surface area contributed by atoms with Crippen molar-refractivity contribution in [2.24, 2.45) is 0 Å². The fraction of sp³-hybridized carbons (Fsp3) is 0.111. The summed E-state index contributed by atoms with van der Waals surface area (Å²) >= 11 is 0. The minimum atomic E-state index is -0.192. The summed E-state index contributed by atoms with van der Waals surface area (Å²) < 4.78 is 19.7. The van der Waals surface area contributed by atoms with Crippen LogP contribution in [-0.4, -0.2) is 6.10 Å². The molecule has 246 valence electrons. The molecule has 3 aliphatic rings. The van der Waals surface area contributed by atoms with E-state index in [1.54, 1.807) is 0 Å². The average molecular weight is 664 g/mol. The van der Waals surface area contributed by atoms with E-state index < -0.39 is 0 Å². The number of fused-ring (bicyclic) bond motifs is 9. The highest BCUT2D eigenvalue weighted by molar-refractivity contribution is 6.10. The molecule has 11 rings (SSSR count). The Hall–Kier alpha value is -5.92. The molecule has 6 heteroatoms. The number of nitrogens with one attached hydrogen (secondary N) is 3. The van der Waals surface area contributed by atoms with Gasteiger partial charge < -0.3 is 13.6 Å². The van der Waals surface area contributed by atoms with Crippen molar-refractivity contribution in [1.29, 1.82) is 0 Å². The van der Waals surface area contributed by atoms with Crippen molar-refractivity contribution in [3.05, 3.63) is 174 Å². The Kier molecular flexibility index (Phi) is 6.40. The van der Waals surface area contributed by atoms with Crippen LogP contribution >= 0.6 is 0 Å². The van der Waals surface area contributed by atoms with E-state index in [9.17, 15) is 0 Å². The molecule has 0 saturated carbocycles. The predicted molar refractivity (Wildman–Crippen MR) is 202 cm³/mol. The molecule has 1 fully saturated rings. The third kappa shape index (κ3) is 4.54. The van der Waals surface area contributed by atoms with Crippen molar-refractivity contribution in [2.45, 2.75) is 30.5 Å². The number of hydrogen-bond acceptors (Lipinski definition) is 6. The first kappa shape index (κ1) is 28.9. The molecular weight excluding hydrogens is 631 g/mol. The Morgan fingerprint density at radius 3 is 2.04 bits per heavy atom. The fourth-order valence-electron chi connectivity index (χ4n) is 8.34. The van der Waals surface area contributed by atoms with Gasteiger partial charge in [-0.05, 0) is 35.4 Å². The molecule has 1 aliphatic carbocycles. The molecule has 2 aromatic heterocycles. The normalized spacial score (nSPS) is 22.5. The number of ether oxygens (including phenoxy) is 1. The van der Waals surface area contributed by atoms with E-state index in [0.717, 1.165) is 77.4 Å². The fourth-order valence-corrected chi connectivity index (χ4v) is 8.34. The van der Waals surface area contributed by atoms with Crippen LogP contribution < -0.4 is 20.7 Å². The molecule has 3 N–H and O–H groups in total. The van der Waals surface area contributed by atoms with Gasteiger partial charge in [0.1, 0.15) is 34.2 Å². The van der Waals surface area contributed by atoms with Gasteiger partial charge in [0.25, 0.3) is 0 Å². The van der Waals surface area contributed by atoms with Gasteiger partial charge in [0.05, 0.1) is 18.5 Å². The maximum Gasteiger partial charge on any atom is 0.143 e. The molecule has 0 spiro atoms. The molecule has 1 saturated heterocycles. The average Bonchev–Trinajstić information content (AvgIpc) is 3.89. The zero-order chi connectivity index (χ0) is 33.5. The largest absolute Gasteiger partial charge is 0.484 e. The molecule has 4 heterocycles. The van der Waals surface area contributed by atoms with Gasteiger partial charge in [-0.15, -0.1) is 0 Å². The van der Waals surface area contributed by atoms with Gasteiger partial charge in [-0.2, -0.15) is 0 Å². The van der Waals surface area contributed by atoms with E-state index in [4.69, 9.17) is 13.6 Å². The van der Waals surface area contributed by atoms with Gasteiger partial charge >= 0.3 is 0 Å². The number of hydrogen-bond donors (Lipinski definition) is 3. The minimum absolute atomic E-state index is 0.0240. The van der Waals surface area contributed by atoms with Gasteiger partial charge in [-0.1, -0.05) is 127 Å². The Morgan fingerprint density at radius 1 is 0.451 bits per heavy atom. The molecule has 6 nitrogen and oxygen atoms in total. The number of rotatable bonds is 4. The molecule has 2 aliphatic heterocycles. The summed E-state index contributed by atoms with van der Waals surface area (Å²) in [5.74, 6) is 1.17. The van der Waals surface area contributed by atoms with E-state index in [1.165, 1.54) is 5.56 Å². The van der Waals surface area contributed by atoms with Gasteiger partial charge in [0.2, 0.25) is 0 Å². The lowest BCUT2D eigenvalue weighted by Gasteiger charge is -2.39. The van der Waals surface area contributed by atoms with E-state index in [1.807, 2.05) is 12.1 Å². The second-order valence-corrected chi connectivity index (χ2v) is 13.7. The summed E-state index contributed by atoms with van der Waals surface area (Å²) in [5, 5.41) is 15.9. The summed E-state index contributed by atoms with van der Waals surface area (Å²) in [7, 11) is 0. The summed E-state index contributed by atoms with van der Waals surface area (Å²) in [6.45, 7) is 0. The minimum Gasteiger partial charge on any atom is -0.484 e. The first-order valence-corrected chi connectivity index (χ1v) is 17.6. The predicted octanol–water partition coefficient (Wildman–Crippen LogP) is 10.3. The summed E-state index contributed by atoms with van der Waals surface area (Å²) in [4.78, 5) is 0. The van der Waals surface area contributed by atoms with Crippen LogP contribution in [0.5, 0.6) is 5.75 Å². The SMILES string of the molecule is C1=CC2Oc3c(-c4cccc5c4oc4ccc(C6NC(c7ccccc7)NC(c7cccc8c7oc7ccccc78)N6)cc45)cccc3C2C=C1. The number of furan rings is 2. The highest BCUT2D eigenvalue weighted by Crippen LogP contribution is 2.48. The summed E-state index contributed by atoms with van der Waals surface area (Å²) in [5.41, 5.74) is 10.2. The Morgan fingerprint density at radius 2 is 1.12 bits per heavy atom. The highest BCUT2D eigenvalue weighted by atomic mass is 16.5. The van der Waals surface area contributed by atoms with Gasteiger partial charge in [-0.3, -0.25) is 16.0 Å². The van der Waals surface area contributed by atoms with Crippen molar-refractivity contribution in [1.82, 2.24) is 16.0 Å². The monoisotopic (exact) mass is 663 g/mol. The maximum atomic E-state index is 6.67. The molecule has 8 aromatic rings. The van der Waals surface area contributed by atoms with Crippen molar-refractivity contribution < 1.29 is 13.6 Å². The molecule has 0 amide bonds. The van der Waals surface area contributed by atoms with Gasteiger partial charge in [-0.25, -0.2) is 0 Å².